The second kappa shape index (κ2) is 5.92. The average molecular weight is 251 g/mol. The minimum absolute atomic E-state index is 0.552. The fraction of sp³-hybridized carbons (Fsp3) is 1.00. The van der Waals surface area contributed by atoms with Crippen LogP contribution in [0.1, 0.15) is 58.3 Å². The molecule has 0 amide bonds. The highest BCUT2D eigenvalue weighted by atomic mass is 16.5. The van der Waals surface area contributed by atoms with E-state index >= 15 is 0 Å². The molecule has 18 heavy (non-hydrogen) atoms. The molecular weight excluding hydrogens is 222 g/mol. The third kappa shape index (κ3) is 3.71. The summed E-state index contributed by atoms with van der Waals surface area (Å²) >= 11 is 0. The van der Waals surface area contributed by atoms with Gasteiger partial charge in [-0.25, -0.2) is 0 Å². The van der Waals surface area contributed by atoms with Crippen LogP contribution in [0.25, 0.3) is 0 Å². The summed E-state index contributed by atoms with van der Waals surface area (Å²) < 4.78 is 6.04. The van der Waals surface area contributed by atoms with E-state index < -0.39 is 0 Å². The Kier molecular flexibility index (Phi) is 4.25. The number of nitrogens with one attached hydrogen (secondary N) is 1. The predicted octanol–water partition coefficient (Wildman–Crippen LogP) is 3.36. The van der Waals surface area contributed by atoms with Crippen LogP contribution in [-0.4, -0.2) is 25.3 Å². The molecule has 0 spiro atoms. The summed E-state index contributed by atoms with van der Waals surface area (Å²) in [4.78, 5) is 0. The lowest BCUT2D eigenvalue weighted by Crippen LogP contribution is -2.36. The Bertz CT molecular complexity index is 248. The number of hydrogen-bond acceptors (Lipinski definition) is 2. The first kappa shape index (κ1) is 12.9. The van der Waals surface area contributed by atoms with Gasteiger partial charge in [0.1, 0.15) is 0 Å². The molecule has 2 nitrogen and oxygen atoms in total. The number of rotatable bonds is 7. The van der Waals surface area contributed by atoms with Crippen molar-refractivity contribution < 1.29 is 4.74 Å². The second-order valence-electron chi connectivity index (χ2n) is 6.92. The van der Waals surface area contributed by atoms with Crippen LogP contribution in [0.4, 0.5) is 0 Å². The Morgan fingerprint density at radius 2 is 1.78 bits per heavy atom. The zero-order chi connectivity index (χ0) is 12.4. The van der Waals surface area contributed by atoms with E-state index in [1.807, 2.05) is 0 Å². The first-order valence-electron chi connectivity index (χ1n) is 8.18. The van der Waals surface area contributed by atoms with Gasteiger partial charge in [-0.1, -0.05) is 19.8 Å². The van der Waals surface area contributed by atoms with Gasteiger partial charge >= 0.3 is 0 Å². The number of hydrogen-bond donors (Lipinski definition) is 1. The summed E-state index contributed by atoms with van der Waals surface area (Å²) in [5.41, 5.74) is 0. The minimum atomic E-state index is 0.552. The van der Waals surface area contributed by atoms with E-state index in [9.17, 15) is 0 Å². The fourth-order valence-electron chi connectivity index (χ4n) is 3.61. The van der Waals surface area contributed by atoms with Gasteiger partial charge in [-0.15, -0.1) is 0 Å². The lowest BCUT2D eigenvalue weighted by molar-refractivity contribution is 0.0161. The standard InChI is InChI=1S/C16H29NO/c1-12-3-2-4-15(11-12)18-10-9-17-16(13-5-6-13)14-7-8-14/h12-17H,2-11H2,1H3. The molecule has 3 aliphatic carbocycles. The molecule has 0 aromatic rings. The highest BCUT2D eigenvalue weighted by Gasteiger charge is 2.40. The zero-order valence-corrected chi connectivity index (χ0v) is 11.9. The van der Waals surface area contributed by atoms with Crippen LogP contribution < -0.4 is 5.32 Å². The summed E-state index contributed by atoms with van der Waals surface area (Å²) in [6.07, 6.45) is 11.8. The van der Waals surface area contributed by atoms with Crippen molar-refractivity contribution in [2.24, 2.45) is 17.8 Å². The monoisotopic (exact) mass is 251 g/mol. The molecule has 0 bridgehead atoms. The van der Waals surface area contributed by atoms with E-state index in [1.54, 1.807) is 0 Å². The highest BCUT2D eigenvalue weighted by molar-refractivity contribution is 4.96. The van der Waals surface area contributed by atoms with E-state index in [1.165, 1.54) is 51.4 Å². The molecule has 104 valence electrons. The molecule has 0 aliphatic heterocycles. The van der Waals surface area contributed by atoms with Crippen molar-refractivity contribution in [3.05, 3.63) is 0 Å². The first-order valence-corrected chi connectivity index (χ1v) is 8.18. The highest BCUT2D eigenvalue weighted by Crippen LogP contribution is 2.44. The van der Waals surface area contributed by atoms with Crippen LogP contribution in [0, 0.1) is 17.8 Å². The maximum atomic E-state index is 6.04. The van der Waals surface area contributed by atoms with Crippen molar-refractivity contribution in [3.8, 4) is 0 Å². The Hall–Kier alpha value is -0.0800. The van der Waals surface area contributed by atoms with Crippen molar-refractivity contribution in [1.29, 1.82) is 0 Å². The molecule has 2 unspecified atom stereocenters. The molecule has 2 atom stereocenters. The van der Waals surface area contributed by atoms with Gasteiger partial charge in [-0.05, 0) is 56.3 Å². The van der Waals surface area contributed by atoms with Crippen molar-refractivity contribution >= 4 is 0 Å². The molecule has 3 rings (SSSR count). The molecule has 2 heteroatoms. The molecule has 0 saturated heterocycles. The Labute approximate surface area is 112 Å². The normalized spacial score (nSPS) is 33.0. The fourth-order valence-corrected chi connectivity index (χ4v) is 3.61. The van der Waals surface area contributed by atoms with Crippen LogP contribution in [0.15, 0.2) is 0 Å². The number of ether oxygens (including phenoxy) is 1. The molecule has 3 aliphatic rings. The van der Waals surface area contributed by atoms with Gasteiger partial charge in [0.15, 0.2) is 0 Å². The van der Waals surface area contributed by atoms with E-state index in [0.717, 1.165) is 36.9 Å². The van der Waals surface area contributed by atoms with E-state index in [0.29, 0.717) is 6.10 Å². The van der Waals surface area contributed by atoms with Crippen LogP contribution in [0.3, 0.4) is 0 Å². The van der Waals surface area contributed by atoms with Crippen LogP contribution in [0.2, 0.25) is 0 Å². The van der Waals surface area contributed by atoms with Crippen LogP contribution in [0.5, 0.6) is 0 Å². The summed E-state index contributed by atoms with van der Waals surface area (Å²) in [5.74, 6) is 2.89. The molecule has 3 saturated carbocycles. The second-order valence-corrected chi connectivity index (χ2v) is 6.92. The SMILES string of the molecule is CC1CCCC(OCCNC(C2CC2)C2CC2)C1. The summed E-state index contributed by atoms with van der Waals surface area (Å²) in [5, 5.41) is 3.77. The van der Waals surface area contributed by atoms with Gasteiger partial charge in [-0.2, -0.15) is 0 Å². The molecule has 0 heterocycles. The Balaban J connectivity index is 1.29. The summed E-state index contributed by atoms with van der Waals surface area (Å²) in [7, 11) is 0. The largest absolute Gasteiger partial charge is 0.377 e. The van der Waals surface area contributed by atoms with Crippen molar-refractivity contribution in [1.82, 2.24) is 5.32 Å². The Morgan fingerprint density at radius 1 is 1.06 bits per heavy atom. The third-order valence-electron chi connectivity index (χ3n) is 4.98. The van der Waals surface area contributed by atoms with E-state index in [-0.39, 0.29) is 0 Å². The predicted molar refractivity (Wildman–Crippen MR) is 74.6 cm³/mol. The maximum absolute atomic E-state index is 6.04. The van der Waals surface area contributed by atoms with Crippen LogP contribution >= 0.6 is 0 Å². The van der Waals surface area contributed by atoms with Gasteiger partial charge < -0.3 is 10.1 Å². The van der Waals surface area contributed by atoms with Gasteiger partial charge in [0.2, 0.25) is 0 Å². The van der Waals surface area contributed by atoms with Crippen molar-refractivity contribution in [2.45, 2.75) is 70.4 Å². The molecule has 0 aromatic carbocycles. The van der Waals surface area contributed by atoms with Crippen molar-refractivity contribution in [2.75, 3.05) is 13.2 Å². The lowest BCUT2D eigenvalue weighted by Gasteiger charge is -2.27. The van der Waals surface area contributed by atoms with Gasteiger partial charge in [-0.3, -0.25) is 0 Å². The smallest absolute Gasteiger partial charge is 0.0594 e. The molecule has 0 aromatic heterocycles. The molecule has 0 radical (unpaired) electrons. The van der Waals surface area contributed by atoms with Crippen molar-refractivity contribution in [3.63, 3.8) is 0 Å². The molecule has 3 fully saturated rings. The Morgan fingerprint density at radius 3 is 2.39 bits per heavy atom. The topological polar surface area (TPSA) is 21.3 Å². The van der Waals surface area contributed by atoms with Gasteiger partial charge in [0, 0.05) is 12.6 Å². The van der Waals surface area contributed by atoms with E-state index in [4.69, 9.17) is 4.74 Å². The maximum Gasteiger partial charge on any atom is 0.0594 e. The lowest BCUT2D eigenvalue weighted by atomic mass is 9.89. The van der Waals surface area contributed by atoms with Gasteiger partial charge in [0.05, 0.1) is 12.7 Å². The quantitative estimate of drug-likeness (QED) is 0.701. The van der Waals surface area contributed by atoms with Gasteiger partial charge in [0.25, 0.3) is 0 Å². The third-order valence-corrected chi connectivity index (χ3v) is 4.98. The summed E-state index contributed by atoms with van der Waals surface area (Å²) in [6.45, 7) is 4.36. The summed E-state index contributed by atoms with van der Waals surface area (Å²) in [6, 6.07) is 0.832. The molecular formula is C16H29NO. The first-order chi connectivity index (χ1) is 8.83. The zero-order valence-electron chi connectivity index (χ0n) is 11.9. The minimum Gasteiger partial charge on any atom is -0.377 e. The van der Waals surface area contributed by atoms with Crippen LogP contribution in [-0.2, 0) is 4.74 Å². The average Bonchev–Trinajstić information content (AvgIpc) is 3.23. The van der Waals surface area contributed by atoms with E-state index in [2.05, 4.69) is 12.2 Å². The molecule has 1 N–H and O–H groups in total.